The normalized spacial score (nSPS) is 13.2. The maximum Gasteiger partial charge on any atom is 0.389 e. The van der Waals surface area contributed by atoms with Crippen LogP contribution in [0.25, 0.3) is 0 Å². The number of pyridine rings is 1. The van der Waals surface area contributed by atoms with E-state index < -0.39 is 12.6 Å². The van der Waals surface area contributed by atoms with Gasteiger partial charge in [0.2, 0.25) is 0 Å². The van der Waals surface area contributed by atoms with Crippen molar-refractivity contribution in [2.24, 2.45) is 0 Å². The lowest BCUT2D eigenvalue weighted by atomic mass is 10.0. The number of alkyl halides is 3. The third kappa shape index (κ3) is 6.23. The summed E-state index contributed by atoms with van der Waals surface area (Å²) in [6.07, 6.45) is -0.938. The number of ether oxygens (including phenoxy) is 1. The average Bonchev–Trinajstić information content (AvgIpc) is 2.38. The van der Waals surface area contributed by atoms with Crippen LogP contribution in [0.4, 0.5) is 13.2 Å². The predicted octanol–water partition coefficient (Wildman–Crippen LogP) is 3.86. The van der Waals surface area contributed by atoms with Gasteiger partial charge in [0.05, 0.1) is 12.8 Å². The number of halogens is 3. The molecule has 1 aromatic heterocycles. The molecular weight excluding hydrogens is 269 g/mol. The minimum absolute atomic E-state index is 0.000752. The van der Waals surface area contributed by atoms with Gasteiger partial charge in [-0.25, -0.2) is 0 Å². The van der Waals surface area contributed by atoms with Crippen molar-refractivity contribution in [3.05, 3.63) is 24.0 Å². The molecule has 1 aromatic rings. The molecule has 0 saturated heterocycles. The van der Waals surface area contributed by atoms with Crippen LogP contribution in [0.5, 0.6) is 5.75 Å². The highest BCUT2D eigenvalue weighted by Gasteiger charge is 2.28. The number of aromatic nitrogens is 1. The number of hydrogen-bond acceptors (Lipinski definition) is 3. The summed E-state index contributed by atoms with van der Waals surface area (Å²) in [5, 5.41) is 3.13. The molecule has 114 valence electrons. The van der Waals surface area contributed by atoms with Crippen LogP contribution in [0.2, 0.25) is 0 Å². The quantitative estimate of drug-likeness (QED) is 0.789. The highest BCUT2D eigenvalue weighted by Crippen LogP contribution is 2.28. The van der Waals surface area contributed by atoms with E-state index in [0.29, 0.717) is 18.9 Å². The Morgan fingerprint density at radius 3 is 2.65 bits per heavy atom. The van der Waals surface area contributed by atoms with Crippen LogP contribution in [0.3, 0.4) is 0 Å². The summed E-state index contributed by atoms with van der Waals surface area (Å²) in [6, 6.07) is 1.39. The first-order chi connectivity index (χ1) is 9.46. The monoisotopic (exact) mass is 290 g/mol. The Balaban J connectivity index is 2.77. The van der Waals surface area contributed by atoms with Gasteiger partial charge in [-0.1, -0.05) is 6.92 Å². The first kappa shape index (κ1) is 16.8. The largest absolute Gasteiger partial charge is 0.492 e. The molecule has 1 N–H and O–H groups in total. The third-order valence-corrected chi connectivity index (χ3v) is 2.80. The Bertz CT molecular complexity index is 396. The lowest BCUT2D eigenvalue weighted by Gasteiger charge is -2.20. The highest BCUT2D eigenvalue weighted by molar-refractivity contribution is 5.26. The molecule has 0 aliphatic heterocycles. The van der Waals surface area contributed by atoms with Crippen molar-refractivity contribution in [2.75, 3.05) is 13.2 Å². The van der Waals surface area contributed by atoms with Gasteiger partial charge in [-0.05, 0) is 37.9 Å². The van der Waals surface area contributed by atoms with Gasteiger partial charge in [-0.2, -0.15) is 13.2 Å². The van der Waals surface area contributed by atoms with Crippen LogP contribution in [0.1, 0.15) is 44.7 Å². The number of nitrogens with one attached hydrogen (secondary N) is 1. The summed E-state index contributed by atoms with van der Waals surface area (Å²) in [7, 11) is 0. The van der Waals surface area contributed by atoms with Gasteiger partial charge in [0.15, 0.2) is 0 Å². The van der Waals surface area contributed by atoms with Crippen LogP contribution < -0.4 is 10.1 Å². The van der Waals surface area contributed by atoms with Crippen molar-refractivity contribution in [2.45, 2.75) is 45.3 Å². The summed E-state index contributed by atoms with van der Waals surface area (Å²) in [4.78, 5) is 4.03. The second kappa shape index (κ2) is 8.09. The second-order valence-corrected chi connectivity index (χ2v) is 4.55. The Morgan fingerprint density at radius 2 is 2.05 bits per heavy atom. The summed E-state index contributed by atoms with van der Waals surface area (Å²) >= 11 is 0. The molecule has 1 atom stereocenters. The molecule has 0 aliphatic rings. The van der Waals surface area contributed by atoms with Crippen LogP contribution >= 0.6 is 0 Å². The van der Waals surface area contributed by atoms with E-state index in [9.17, 15) is 13.2 Å². The topological polar surface area (TPSA) is 34.2 Å². The highest BCUT2D eigenvalue weighted by atomic mass is 19.4. The van der Waals surface area contributed by atoms with E-state index in [1.807, 2.05) is 13.8 Å². The van der Waals surface area contributed by atoms with Crippen molar-refractivity contribution in [1.82, 2.24) is 10.3 Å². The summed E-state index contributed by atoms with van der Waals surface area (Å²) in [5.74, 6) is 0.584. The minimum atomic E-state index is -4.14. The Hall–Kier alpha value is -1.30. The molecule has 1 rings (SSSR count). The summed E-state index contributed by atoms with van der Waals surface area (Å²) in [6.45, 7) is 4.99. The van der Waals surface area contributed by atoms with E-state index in [1.54, 1.807) is 18.5 Å². The van der Waals surface area contributed by atoms with Gasteiger partial charge < -0.3 is 10.1 Å². The smallest absolute Gasteiger partial charge is 0.389 e. The molecule has 0 radical (unpaired) electrons. The first-order valence-corrected chi connectivity index (χ1v) is 6.84. The third-order valence-electron chi connectivity index (χ3n) is 2.80. The van der Waals surface area contributed by atoms with E-state index in [4.69, 9.17) is 4.74 Å². The fourth-order valence-corrected chi connectivity index (χ4v) is 1.88. The van der Waals surface area contributed by atoms with Crippen molar-refractivity contribution in [1.29, 1.82) is 0 Å². The van der Waals surface area contributed by atoms with E-state index in [2.05, 4.69) is 10.3 Å². The van der Waals surface area contributed by atoms with Crippen LogP contribution in [0, 0.1) is 0 Å². The zero-order valence-corrected chi connectivity index (χ0v) is 11.8. The molecule has 0 bridgehead atoms. The maximum atomic E-state index is 12.4. The second-order valence-electron chi connectivity index (χ2n) is 4.55. The Kier molecular flexibility index (Phi) is 6.78. The zero-order valence-electron chi connectivity index (χ0n) is 11.8. The van der Waals surface area contributed by atoms with Crippen molar-refractivity contribution in [3.8, 4) is 5.75 Å². The SMILES string of the molecule is CCCNC(CCC(F)(F)F)c1cncc(OCC)c1. The molecule has 0 saturated carbocycles. The Morgan fingerprint density at radius 1 is 1.30 bits per heavy atom. The van der Waals surface area contributed by atoms with Crippen molar-refractivity contribution in [3.63, 3.8) is 0 Å². The van der Waals surface area contributed by atoms with Crippen molar-refractivity contribution < 1.29 is 17.9 Å². The molecule has 0 amide bonds. The molecule has 1 unspecified atom stereocenters. The number of nitrogens with zero attached hydrogens (tertiary/aromatic N) is 1. The summed E-state index contributed by atoms with van der Waals surface area (Å²) in [5.41, 5.74) is 0.730. The first-order valence-electron chi connectivity index (χ1n) is 6.84. The van der Waals surface area contributed by atoms with Gasteiger partial charge in [0.25, 0.3) is 0 Å². The minimum Gasteiger partial charge on any atom is -0.492 e. The number of rotatable bonds is 8. The number of hydrogen-bond donors (Lipinski definition) is 1. The molecule has 20 heavy (non-hydrogen) atoms. The lowest BCUT2D eigenvalue weighted by Crippen LogP contribution is -2.24. The molecule has 3 nitrogen and oxygen atoms in total. The van der Waals surface area contributed by atoms with Crippen LogP contribution in [0.15, 0.2) is 18.5 Å². The molecule has 0 aliphatic carbocycles. The van der Waals surface area contributed by atoms with Gasteiger partial charge in [0.1, 0.15) is 5.75 Å². The van der Waals surface area contributed by atoms with Gasteiger partial charge in [-0.15, -0.1) is 0 Å². The lowest BCUT2D eigenvalue weighted by molar-refractivity contribution is -0.136. The fourth-order valence-electron chi connectivity index (χ4n) is 1.88. The van der Waals surface area contributed by atoms with Gasteiger partial charge in [-0.3, -0.25) is 4.98 Å². The maximum absolute atomic E-state index is 12.4. The van der Waals surface area contributed by atoms with E-state index in [1.165, 1.54) is 0 Å². The molecule has 0 aromatic carbocycles. The Labute approximate surface area is 117 Å². The molecule has 0 fully saturated rings. The van der Waals surface area contributed by atoms with E-state index in [0.717, 1.165) is 12.0 Å². The van der Waals surface area contributed by atoms with Crippen LogP contribution in [-0.2, 0) is 0 Å². The van der Waals surface area contributed by atoms with E-state index in [-0.39, 0.29) is 12.5 Å². The predicted molar refractivity (Wildman–Crippen MR) is 71.7 cm³/mol. The van der Waals surface area contributed by atoms with E-state index >= 15 is 0 Å². The molecular formula is C14H21F3N2O. The molecule has 1 heterocycles. The van der Waals surface area contributed by atoms with Gasteiger partial charge in [0, 0.05) is 18.7 Å². The van der Waals surface area contributed by atoms with Crippen LogP contribution in [-0.4, -0.2) is 24.3 Å². The van der Waals surface area contributed by atoms with Crippen molar-refractivity contribution >= 4 is 0 Å². The average molecular weight is 290 g/mol. The molecule has 0 spiro atoms. The fraction of sp³-hybridized carbons (Fsp3) is 0.643. The molecule has 6 heteroatoms. The van der Waals surface area contributed by atoms with Gasteiger partial charge >= 0.3 is 6.18 Å². The summed E-state index contributed by atoms with van der Waals surface area (Å²) < 4.78 is 42.5. The standard InChI is InChI=1S/C14H21F3N2O/c1-3-7-19-13(5-6-14(15,16)17)11-8-12(20-4-2)10-18-9-11/h8-10,13,19H,3-7H2,1-2H3. The zero-order chi connectivity index (χ0) is 15.0.